The molecular weight excluding hydrogens is 448 g/mol. The molecule has 1 aromatic rings. The number of nitrogens with one attached hydrogen (secondary N) is 1. The first-order chi connectivity index (χ1) is 11.3. The molecule has 0 spiro atoms. The van der Waals surface area contributed by atoms with Crippen molar-refractivity contribution in [2.45, 2.75) is 19.5 Å². The number of carbonyl (C=O) groups is 1. The molecule has 0 fully saturated rings. The number of alkyl halides is 3. The number of hydrogen-bond donors (Lipinski definition) is 1. The molecule has 1 N–H and O–H groups in total. The number of guanidine groups is 1. The number of halogens is 4. The molecular formula is C16H22F3IN4O. The molecule has 0 aromatic heterocycles. The third kappa shape index (κ3) is 6.05. The Kier molecular flexibility index (Phi) is 7.97. The van der Waals surface area contributed by atoms with Crippen LogP contribution in [0.2, 0.25) is 0 Å². The van der Waals surface area contributed by atoms with E-state index in [0.29, 0.717) is 17.4 Å². The van der Waals surface area contributed by atoms with Crippen LogP contribution in [0.15, 0.2) is 29.3 Å². The van der Waals surface area contributed by atoms with E-state index in [1.165, 1.54) is 5.56 Å². The van der Waals surface area contributed by atoms with E-state index in [0.717, 1.165) is 25.7 Å². The van der Waals surface area contributed by atoms with Gasteiger partial charge in [0.2, 0.25) is 5.91 Å². The molecule has 0 atom stereocenters. The first-order valence-electron chi connectivity index (χ1n) is 7.76. The van der Waals surface area contributed by atoms with E-state index in [-0.39, 0.29) is 30.5 Å². The zero-order valence-electron chi connectivity index (χ0n) is 14.1. The van der Waals surface area contributed by atoms with Crippen molar-refractivity contribution in [1.29, 1.82) is 0 Å². The lowest BCUT2D eigenvalue weighted by Gasteiger charge is -2.23. The minimum Gasteiger partial charge on any atom is -0.356 e. The van der Waals surface area contributed by atoms with E-state index in [4.69, 9.17) is 0 Å². The summed E-state index contributed by atoms with van der Waals surface area (Å²) in [6, 6.07) is 7.87. The quantitative estimate of drug-likeness (QED) is 0.419. The van der Waals surface area contributed by atoms with Gasteiger partial charge in [0.25, 0.3) is 0 Å². The van der Waals surface area contributed by atoms with Crippen molar-refractivity contribution in [2.24, 2.45) is 4.99 Å². The molecule has 140 valence electrons. The van der Waals surface area contributed by atoms with Gasteiger partial charge in [0.15, 0.2) is 5.96 Å². The van der Waals surface area contributed by atoms with Crippen LogP contribution in [0.4, 0.5) is 18.9 Å². The Labute approximate surface area is 162 Å². The third-order valence-electron chi connectivity index (χ3n) is 3.68. The van der Waals surface area contributed by atoms with E-state index in [1.807, 2.05) is 36.1 Å². The number of nitrogens with zero attached hydrogens (tertiary/aromatic N) is 3. The van der Waals surface area contributed by atoms with Gasteiger partial charge < -0.3 is 15.1 Å². The van der Waals surface area contributed by atoms with Gasteiger partial charge in [0.05, 0.1) is 0 Å². The van der Waals surface area contributed by atoms with Crippen molar-refractivity contribution in [3.63, 3.8) is 0 Å². The molecule has 9 heteroatoms. The summed E-state index contributed by atoms with van der Waals surface area (Å²) in [4.78, 5) is 18.7. The van der Waals surface area contributed by atoms with Crippen molar-refractivity contribution in [3.05, 3.63) is 29.8 Å². The Bertz CT molecular complexity index is 622. The number of anilines is 1. The maximum atomic E-state index is 12.3. The van der Waals surface area contributed by atoms with E-state index in [2.05, 4.69) is 10.3 Å². The maximum Gasteiger partial charge on any atom is 0.406 e. The summed E-state index contributed by atoms with van der Waals surface area (Å²) in [5.74, 6) is -0.161. The van der Waals surface area contributed by atoms with Crippen LogP contribution in [-0.4, -0.2) is 56.2 Å². The number of likely N-dealkylation sites (N-methyl/N-ethyl adjacent to an activating group) is 1. The van der Waals surface area contributed by atoms with Gasteiger partial charge in [-0.2, -0.15) is 13.2 Å². The number of aliphatic imine (C=N–C) groups is 1. The Morgan fingerprint density at radius 2 is 2.04 bits per heavy atom. The molecule has 1 aromatic carbocycles. The monoisotopic (exact) mass is 470 g/mol. The number of carbonyl (C=O) groups excluding carboxylic acids is 1. The zero-order valence-corrected chi connectivity index (χ0v) is 16.5. The SMILES string of the molecule is CCNC(=NCC(=O)N(C)CC(F)(F)F)N1CCc2ccccc21.I. The van der Waals surface area contributed by atoms with E-state index < -0.39 is 18.6 Å². The van der Waals surface area contributed by atoms with E-state index in [1.54, 1.807) is 0 Å². The van der Waals surface area contributed by atoms with Crippen LogP contribution in [0.1, 0.15) is 12.5 Å². The summed E-state index contributed by atoms with van der Waals surface area (Å²) < 4.78 is 37.0. The highest BCUT2D eigenvalue weighted by Crippen LogP contribution is 2.27. The van der Waals surface area contributed by atoms with Crippen molar-refractivity contribution in [1.82, 2.24) is 10.2 Å². The van der Waals surface area contributed by atoms with Crippen LogP contribution >= 0.6 is 24.0 Å². The summed E-state index contributed by atoms with van der Waals surface area (Å²) in [6.07, 6.45) is -3.55. The lowest BCUT2D eigenvalue weighted by molar-refractivity contribution is -0.157. The summed E-state index contributed by atoms with van der Waals surface area (Å²) >= 11 is 0. The van der Waals surface area contributed by atoms with Crippen LogP contribution in [0.25, 0.3) is 0 Å². The molecule has 1 aliphatic heterocycles. The molecule has 0 aliphatic carbocycles. The average Bonchev–Trinajstić information content (AvgIpc) is 2.93. The predicted octanol–water partition coefficient (Wildman–Crippen LogP) is 2.65. The maximum absolute atomic E-state index is 12.3. The van der Waals surface area contributed by atoms with Gasteiger partial charge in [-0.15, -0.1) is 24.0 Å². The molecule has 1 heterocycles. The Balaban J connectivity index is 0.00000312. The van der Waals surface area contributed by atoms with Crippen molar-refractivity contribution >= 4 is 41.5 Å². The van der Waals surface area contributed by atoms with Crippen molar-refractivity contribution in [2.75, 3.05) is 38.1 Å². The molecule has 2 rings (SSSR count). The number of fused-ring (bicyclic) bond motifs is 1. The third-order valence-corrected chi connectivity index (χ3v) is 3.68. The fraction of sp³-hybridized carbons (Fsp3) is 0.500. The highest BCUT2D eigenvalue weighted by atomic mass is 127. The Morgan fingerprint density at radius 3 is 2.68 bits per heavy atom. The van der Waals surface area contributed by atoms with Gasteiger partial charge in [0, 0.05) is 25.8 Å². The van der Waals surface area contributed by atoms with Crippen LogP contribution in [-0.2, 0) is 11.2 Å². The number of para-hydroxylation sites is 1. The fourth-order valence-corrected chi connectivity index (χ4v) is 2.57. The van der Waals surface area contributed by atoms with E-state index >= 15 is 0 Å². The first-order valence-corrected chi connectivity index (χ1v) is 7.76. The second-order valence-corrected chi connectivity index (χ2v) is 5.57. The molecule has 1 amide bonds. The minimum absolute atomic E-state index is 0. The smallest absolute Gasteiger partial charge is 0.356 e. The molecule has 25 heavy (non-hydrogen) atoms. The number of hydrogen-bond acceptors (Lipinski definition) is 2. The van der Waals surface area contributed by atoms with Gasteiger partial charge in [-0.25, -0.2) is 4.99 Å². The van der Waals surface area contributed by atoms with Crippen molar-refractivity contribution in [3.8, 4) is 0 Å². The molecule has 5 nitrogen and oxygen atoms in total. The molecule has 0 radical (unpaired) electrons. The highest BCUT2D eigenvalue weighted by Gasteiger charge is 2.31. The normalized spacial score (nSPS) is 14.0. The van der Waals surface area contributed by atoms with Gasteiger partial charge in [0.1, 0.15) is 13.1 Å². The predicted molar refractivity (Wildman–Crippen MR) is 103 cm³/mol. The lowest BCUT2D eigenvalue weighted by atomic mass is 10.2. The van der Waals surface area contributed by atoms with Crippen LogP contribution < -0.4 is 10.2 Å². The van der Waals surface area contributed by atoms with Crippen molar-refractivity contribution < 1.29 is 18.0 Å². The largest absolute Gasteiger partial charge is 0.406 e. The lowest BCUT2D eigenvalue weighted by Crippen LogP contribution is -2.42. The van der Waals surface area contributed by atoms with Crippen LogP contribution in [0, 0.1) is 0 Å². The number of amides is 1. The van der Waals surface area contributed by atoms with Gasteiger partial charge in [-0.3, -0.25) is 4.79 Å². The summed E-state index contributed by atoms with van der Waals surface area (Å²) in [5.41, 5.74) is 2.19. The topological polar surface area (TPSA) is 47.9 Å². The Hall–Kier alpha value is -1.52. The standard InChI is InChI=1S/C16H21F3N4O.HI/c1-3-20-15(21-10-14(24)22(2)11-16(17,18)19)23-9-8-12-6-4-5-7-13(12)23;/h4-7H,3,8-11H2,1-2H3,(H,20,21);1H. The highest BCUT2D eigenvalue weighted by molar-refractivity contribution is 14.0. The molecule has 0 bridgehead atoms. The molecule has 1 aliphatic rings. The first kappa shape index (κ1) is 21.5. The Morgan fingerprint density at radius 1 is 1.36 bits per heavy atom. The molecule has 0 unspecified atom stereocenters. The zero-order chi connectivity index (χ0) is 17.7. The van der Waals surface area contributed by atoms with Crippen LogP contribution in [0.5, 0.6) is 0 Å². The second-order valence-electron chi connectivity index (χ2n) is 5.57. The minimum atomic E-state index is -4.41. The molecule has 0 saturated heterocycles. The van der Waals surface area contributed by atoms with Gasteiger partial charge >= 0.3 is 6.18 Å². The summed E-state index contributed by atoms with van der Waals surface area (Å²) in [7, 11) is 1.13. The summed E-state index contributed by atoms with van der Waals surface area (Å²) in [6.45, 7) is 1.62. The number of rotatable bonds is 4. The second kappa shape index (κ2) is 9.25. The van der Waals surface area contributed by atoms with Crippen LogP contribution in [0.3, 0.4) is 0 Å². The van der Waals surface area contributed by atoms with Gasteiger partial charge in [-0.1, -0.05) is 18.2 Å². The molecule has 0 saturated carbocycles. The average molecular weight is 470 g/mol. The summed E-state index contributed by atoms with van der Waals surface area (Å²) in [5, 5.41) is 3.09. The van der Waals surface area contributed by atoms with Gasteiger partial charge in [-0.05, 0) is 25.0 Å². The van der Waals surface area contributed by atoms with E-state index in [9.17, 15) is 18.0 Å². The number of benzene rings is 1. The fourth-order valence-electron chi connectivity index (χ4n) is 2.57.